The molecule has 0 bridgehead atoms. The van der Waals surface area contributed by atoms with Gasteiger partial charge in [-0.05, 0) is 24.3 Å². The fourth-order valence-electron chi connectivity index (χ4n) is 1.15. The van der Waals surface area contributed by atoms with Gasteiger partial charge in [0.2, 0.25) is 0 Å². The molecule has 0 heterocycles. The molecule has 1 rings (SSSR count). The molecule has 1 aromatic carbocycles. The molecule has 0 saturated carbocycles. The monoisotopic (exact) mass is 264 g/mol. The molecule has 0 N–H and O–H groups in total. The second-order valence-corrected chi connectivity index (χ2v) is 4.39. The van der Waals surface area contributed by atoms with Crippen LogP contribution in [-0.2, 0) is 9.53 Å². The van der Waals surface area contributed by atoms with Crippen molar-refractivity contribution in [2.24, 2.45) is 0 Å². The summed E-state index contributed by atoms with van der Waals surface area (Å²) in [5, 5.41) is 0. The molecule has 0 spiro atoms. The molecule has 0 radical (unpaired) electrons. The number of methoxy groups -OCH3 is 2. The van der Waals surface area contributed by atoms with Gasteiger partial charge >= 0.3 is 5.97 Å². The first-order chi connectivity index (χ1) is 8.76. The van der Waals surface area contributed by atoms with Crippen LogP contribution in [0.15, 0.2) is 53.5 Å². The highest BCUT2D eigenvalue weighted by atomic mass is 32.2. The summed E-state index contributed by atoms with van der Waals surface area (Å²) in [6.45, 7) is 0. The normalized spacial score (nSPS) is 11.0. The first kappa shape index (κ1) is 14.4. The fraction of sp³-hybridized carbons (Fsp3) is 0.214. The van der Waals surface area contributed by atoms with Gasteiger partial charge in [-0.3, -0.25) is 0 Å². The molecule has 0 aromatic heterocycles. The molecular formula is C14H16O3S. The Bertz CT molecular complexity index is 421. The van der Waals surface area contributed by atoms with Crippen LogP contribution in [0.1, 0.15) is 0 Å². The standard InChI is InChI=1S/C14H16O3S/c1-16-12-7-9-13(10-8-12)18-11-5-3-4-6-14(15)17-2/h3-10H,11H2,1-2H3. The number of hydrogen-bond donors (Lipinski definition) is 0. The summed E-state index contributed by atoms with van der Waals surface area (Å²) in [4.78, 5) is 11.9. The molecular weight excluding hydrogens is 248 g/mol. The topological polar surface area (TPSA) is 35.5 Å². The second kappa shape index (κ2) is 8.42. The molecule has 0 aliphatic carbocycles. The van der Waals surface area contributed by atoms with Crippen LogP contribution in [-0.4, -0.2) is 25.9 Å². The van der Waals surface area contributed by atoms with Gasteiger partial charge in [0.25, 0.3) is 0 Å². The number of benzene rings is 1. The summed E-state index contributed by atoms with van der Waals surface area (Å²) in [5.74, 6) is 1.36. The van der Waals surface area contributed by atoms with Crippen molar-refractivity contribution in [1.29, 1.82) is 0 Å². The van der Waals surface area contributed by atoms with E-state index in [1.165, 1.54) is 18.1 Å². The summed E-state index contributed by atoms with van der Waals surface area (Å²) >= 11 is 1.71. The average Bonchev–Trinajstić information content (AvgIpc) is 2.43. The predicted octanol–water partition coefficient (Wildman–Crippen LogP) is 3.07. The molecule has 0 atom stereocenters. The number of hydrogen-bond acceptors (Lipinski definition) is 4. The van der Waals surface area contributed by atoms with Crippen molar-refractivity contribution in [3.63, 3.8) is 0 Å². The third kappa shape index (κ3) is 5.59. The third-order valence-corrected chi connectivity index (χ3v) is 3.05. The van der Waals surface area contributed by atoms with Gasteiger partial charge in [-0.1, -0.05) is 18.2 Å². The number of rotatable bonds is 6. The molecule has 4 heteroatoms. The number of ether oxygens (including phenoxy) is 2. The van der Waals surface area contributed by atoms with E-state index in [1.54, 1.807) is 24.9 Å². The maximum Gasteiger partial charge on any atom is 0.330 e. The number of esters is 1. The van der Waals surface area contributed by atoms with E-state index in [2.05, 4.69) is 4.74 Å². The van der Waals surface area contributed by atoms with Gasteiger partial charge in [0, 0.05) is 16.7 Å². The van der Waals surface area contributed by atoms with Gasteiger partial charge in [-0.15, -0.1) is 11.8 Å². The third-order valence-electron chi connectivity index (χ3n) is 2.09. The quantitative estimate of drug-likeness (QED) is 0.342. The van der Waals surface area contributed by atoms with Gasteiger partial charge < -0.3 is 9.47 Å². The number of carbonyl (C=O) groups excluding carboxylic acids is 1. The molecule has 0 aliphatic rings. The fourth-order valence-corrected chi connectivity index (χ4v) is 1.88. The van der Waals surface area contributed by atoms with Crippen LogP contribution < -0.4 is 4.74 Å². The second-order valence-electron chi connectivity index (χ2n) is 3.30. The molecule has 0 unspecified atom stereocenters. The van der Waals surface area contributed by atoms with E-state index in [4.69, 9.17) is 4.74 Å². The van der Waals surface area contributed by atoms with Crippen molar-refractivity contribution in [2.75, 3.05) is 20.0 Å². The SMILES string of the molecule is COC(=O)C=CC=CCSc1ccc(OC)cc1. The largest absolute Gasteiger partial charge is 0.497 e. The van der Waals surface area contributed by atoms with E-state index in [0.29, 0.717) is 0 Å². The lowest BCUT2D eigenvalue weighted by molar-refractivity contribution is -0.134. The summed E-state index contributed by atoms with van der Waals surface area (Å²) in [7, 11) is 3.01. The Morgan fingerprint density at radius 1 is 1.22 bits per heavy atom. The highest BCUT2D eigenvalue weighted by Crippen LogP contribution is 2.21. The predicted molar refractivity (Wildman–Crippen MR) is 74.0 cm³/mol. The van der Waals surface area contributed by atoms with E-state index in [0.717, 1.165) is 11.5 Å². The van der Waals surface area contributed by atoms with Crippen molar-refractivity contribution in [1.82, 2.24) is 0 Å². The zero-order chi connectivity index (χ0) is 13.2. The van der Waals surface area contributed by atoms with Crippen molar-refractivity contribution >= 4 is 17.7 Å². The highest BCUT2D eigenvalue weighted by Gasteiger charge is 1.93. The Morgan fingerprint density at radius 2 is 1.94 bits per heavy atom. The molecule has 0 aliphatic heterocycles. The van der Waals surface area contributed by atoms with Crippen molar-refractivity contribution < 1.29 is 14.3 Å². The molecule has 3 nitrogen and oxygen atoms in total. The highest BCUT2D eigenvalue weighted by molar-refractivity contribution is 7.99. The Labute approximate surface area is 111 Å². The van der Waals surface area contributed by atoms with Crippen LogP contribution in [0, 0.1) is 0 Å². The summed E-state index contributed by atoms with van der Waals surface area (Å²) in [6, 6.07) is 7.90. The van der Waals surface area contributed by atoms with E-state index >= 15 is 0 Å². The number of carbonyl (C=O) groups is 1. The Kier molecular flexibility index (Phi) is 6.72. The van der Waals surface area contributed by atoms with Gasteiger partial charge in [0.05, 0.1) is 14.2 Å². The van der Waals surface area contributed by atoms with E-state index in [-0.39, 0.29) is 5.97 Å². The van der Waals surface area contributed by atoms with Crippen LogP contribution >= 0.6 is 11.8 Å². The smallest absolute Gasteiger partial charge is 0.330 e. The maximum atomic E-state index is 10.8. The molecule has 96 valence electrons. The minimum atomic E-state index is -0.345. The van der Waals surface area contributed by atoms with Crippen molar-refractivity contribution in [3.8, 4) is 5.75 Å². The van der Waals surface area contributed by atoms with Gasteiger partial charge in [-0.25, -0.2) is 4.79 Å². The molecule has 0 saturated heterocycles. The first-order valence-corrected chi connectivity index (χ1v) is 6.43. The lowest BCUT2D eigenvalue weighted by atomic mass is 10.3. The van der Waals surface area contributed by atoms with Gasteiger partial charge in [-0.2, -0.15) is 0 Å². The van der Waals surface area contributed by atoms with Crippen molar-refractivity contribution in [2.45, 2.75) is 4.90 Å². The minimum absolute atomic E-state index is 0.345. The number of thioether (sulfide) groups is 1. The average molecular weight is 264 g/mol. The van der Waals surface area contributed by atoms with Gasteiger partial charge in [0.1, 0.15) is 5.75 Å². The van der Waals surface area contributed by atoms with Crippen LogP contribution in [0.3, 0.4) is 0 Å². The lowest BCUT2D eigenvalue weighted by Gasteiger charge is -2.01. The van der Waals surface area contributed by atoms with Crippen LogP contribution in [0.25, 0.3) is 0 Å². The summed E-state index contributed by atoms with van der Waals surface area (Å²) < 4.78 is 9.55. The molecule has 18 heavy (non-hydrogen) atoms. The first-order valence-electron chi connectivity index (χ1n) is 5.44. The zero-order valence-electron chi connectivity index (χ0n) is 10.5. The van der Waals surface area contributed by atoms with E-state index < -0.39 is 0 Å². The van der Waals surface area contributed by atoms with E-state index in [1.807, 2.05) is 36.4 Å². The van der Waals surface area contributed by atoms with Crippen molar-refractivity contribution in [3.05, 3.63) is 48.6 Å². The van der Waals surface area contributed by atoms with Crippen LogP contribution in [0.4, 0.5) is 0 Å². The number of allylic oxidation sites excluding steroid dienone is 2. The lowest BCUT2D eigenvalue weighted by Crippen LogP contribution is -1.92. The summed E-state index contributed by atoms with van der Waals surface area (Å²) in [6.07, 6.45) is 6.86. The summed E-state index contributed by atoms with van der Waals surface area (Å²) in [5.41, 5.74) is 0. The van der Waals surface area contributed by atoms with Crippen LogP contribution in [0.5, 0.6) is 5.75 Å². The zero-order valence-corrected chi connectivity index (χ0v) is 11.3. The minimum Gasteiger partial charge on any atom is -0.497 e. The van der Waals surface area contributed by atoms with Crippen LogP contribution in [0.2, 0.25) is 0 Å². The maximum absolute atomic E-state index is 10.8. The van der Waals surface area contributed by atoms with Gasteiger partial charge in [0.15, 0.2) is 0 Å². The Morgan fingerprint density at radius 3 is 2.56 bits per heavy atom. The molecule has 1 aromatic rings. The Hall–Kier alpha value is -1.68. The Balaban J connectivity index is 2.30. The molecule has 0 amide bonds. The van der Waals surface area contributed by atoms with E-state index in [9.17, 15) is 4.79 Å². The molecule has 0 fully saturated rings.